The smallest absolute Gasteiger partial charge is 0.292 e. The molecule has 1 aliphatic heterocycles. The zero-order valence-electron chi connectivity index (χ0n) is 15.9. The third-order valence-electron chi connectivity index (χ3n) is 4.29. The second-order valence-corrected chi connectivity index (χ2v) is 7.60. The van der Waals surface area contributed by atoms with E-state index in [2.05, 4.69) is 10.3 Å². The van der Waals surface area contributed by atoms with Gasteiger partial charge in [0, 0.05) is 25.6 Å². The standard InChI is InChI=1S/C20H20N4O5S/c25-12-6-11-23-19(27)17(30-20(23)21-14-7-2-1-3-8-14)13-18(26)22-15-9-4-5-10-16(15)24(28)29/h1-5,7-10,17,25H,6,11-13H2,(H,22,26)/t17-/m1/s1. The summed E-state index contributed by atoms with van der Waals surface area (Å²) in [6, 6.07) is 15.0. The van der Waals surface area contributed by atoms with E-state index in [0.29, 0.717) is 17.3 Å². The second-order valence-electron chi connectivity index (χ2n) is 6.43. The number of nitrogens with zero attached hydrogens (tertiary/aromatic N) is 3. The van der Waals surface area contributed by atoms with Crippen LogP contribution in [0, 0.1) is 10.1 Å². The molecule has 0 unspecified atom stereocenters. The van der Waals surface area contributed by atoms with E-state index in [1.165, 1.54) is 34.9 Å². The van der Waals surface area contributed by atoms with Gasteiger partial charge in [-0.3, -0.25) is 24.6 Å². The fourth-order valence-electron chi connectivity index (χ4n) is 2.88. The van der Waals surface area contributed by atoms with E-state index >= 15 is 0 Å². The molecule has 2 aromatic carbocycles. The summed E-state index contributed by atoms with van der Waals surface area (Å²) in [7, 11) is 0. The molecule has 3 rings (SSSR count). The predicted octanol–water partition coefficient (Wildman–Crippen LogP) is 2.94. The average Bonchev–Trinajstić information content (AvgIpc) is 3.01. The first-order chi connectivity index (χ1) is 14.5. The van der Waals surface area contributed by atoms with Gasteiger partial charge in [0.25, 0.3) is 5.69 Å². The number of amidine groups is 1. The Morgan fingerprint density at radius 3 is 2.60 bits per heavy atom. The van der Waals surface area contributed by atoms with Crippen LogP contribution < -0.4 is 5.32 Å². The molecule has 9 nitrogen and oxygen atoms in total. The van der Waals surface area contributed by atoms with Gasteiger partial charge in [0.05, 0.1) is 10.6 Å². The number of amides is 2. The molecule has 30 heavy (non-hydrogen) atoms. The summed E-state index contributed by atoms with van der Waals surface area (Å²) < 4.78 is 0. The summed E-state index contributed by atoms with van der Waals surface area (Å²) in [5.41, 5.74) is 0.539. The Morgan fingerprint density at radius 1 is 1.20 bits per heavy atom. The second kappa shape index (κ2) is 9.99. The third kappa shape index (κ3) is 5.22. The topological polar surface area (TPSA) is 125 Å². The minimum atomic E-state index is -0.700. The van der Waals surface area contributed by atoms with Crippen molar-refractivity contribution in [3.05, 3.63) is 64.7 Å². The lowest BCUT2D eigenvalue weighted by Gasteiger charge is -2.15. The minimum Gasteiger partial charge on any atom is -0.396 e. The van der Waals surface area contributed by atoms with Crippen LogP contribution in [-0.2, 0) is 9.59 Å². The van der Waals surface area contributed by atoms with Crippen LogP contribution in [0.15, 0.2) is 59.6 Å². The van der Waals surface area contributed by atoms with Crippen LogP contribution in [0.4, 0.5) is 17.1 Å². The highest BCUT2D eigenvalue weighted by Crippen LogP contribution is 2.32. The lowest BCUT2D eigenvalue weighted by molar-refractivity contribution is -0.383. The number of nitro benzene ring substituents is 1. The van der Waals surface area contributed by atoms with Gasteiger partial charge in [-0.1, -0.05) is 42.1 Å². The van der Waals surface area contributed by atoms with Gasteiger partial charge in [-0.15, -0.1) is 0 Å². The Kier molecular flexibility index (Phi) is 7.15. The van der Waals surface area contributed by atoms with Crippen molar-refractivity contribution < 1.29 is 19.6 Å². The number of carbonyl (C=O) groups excluding carboxylic acids is 2. The highest BCUT2D eigenvalue weighted by molar-refractivity contribution is 8.15. The maximum atomic E-state index is 12.8. The average molecular weight is 428 g/mol. The number of hydrogen-bond acceptors (Lipinski definition) is 7. The number of anilines is 1. The van der Waals surface area contributed by atoms with Crippen molar-refractivity contribution in [2.75, 3.05) is 18.5 Å². The van der Waals surface area contributed by atoms with Crippen molar-refractivity contribution in [2.45, 2.75) is 18.1 Å². The van der Waals surface area contributed by atoms with Gasteiger partial charge in [0.2, 0.25) is 11.8 Å². The van der Waals surface area contributed by atoms with Gasteiger partial charge in [-0.2, -0.15) is 0 Å². The molecule has 0 saturated carbocycles. The predicted molar refractivity (Wildman–Crippen MR) is 115 cm³/mol. The molecular formula is C20H20N4O5S. The van der Waals surface area contributed by atoms with Crippen molar-refractivity contribution in [3.63, 3.8) is 0 Å². The van der Waals surface area contributed by atoms with Gasteiger partial charge in [0.1, 0.15) is 10.9 Å². The summed E-state index contributed by atoms with van der Waals surface area (Å²) >= 11 is 1.17. The lowest BCUT2D eigenvalue weighted by atomic mass is 10.2. The summed E-state index contributed by atoms with van der Waals surface area (Å²) in [5.74, 6) is -0.779. The molecular weight excluding hydrogens is 408 g/mol. The van der Waals surface area contributed by atoms with Crippen molar-refractivity contribution in [2.24, 2.45) is 4.99 Å². The number of nitrogens with one attached hydrogen (secondary N) is 1. The van der Waals surface area contributed by atoms with Crippen molar-refractivity contribution in [1.29, 1.82) is 0 Å². The number of thioether (sulfide) groups is 1. The Morgan fingerprint density at radius 2 is 1.90 bits per heavy atom. The number of aliphatic hydroxyl groups is 1. The van der Waals surface area contributed by atoms with E-state index in [1.54, 1.807) is 18.2 Å². The first kappa shape index (κ1) is 21.5. The highest BCUT2D eigenvalue weighted by Gasteiger charge is 2.39. The molecule has 2 aromatic rings. The molecule has 1 heterocycles. The molecule has 0 aliphatic carbocycles. The zero-order valence-corrected chi connectivity index (χ0v) is 16.7. The molecule has 156 valence electrons. The maximum Gasteiger partial charge on any atom is 0.292 e. The Balaban J connectivity index is 1.74. The van der Waals surface area contributed by atoms with Crippen LogP contribution in [0.2, 0.25) is 0 Å². The van der Waals surface area contributed by atoms with Crippen molar-refractivity contribution in [1.82, 2.24) is 4.90 Å². The fourth-order valence-corrected chi connectivity index (χ4v) is 4.06. The number of benzene rings is 2. The van der Waals surface area contributed by atoms with Crippen molar-refractivity contribution >= 4 is 45.8 Å². The Labute approximate surface area is 177 Å². The van der Waals surface area contributed by atoms with Crippen LogP contribution in [0.1, 0.15) is 12.8 Å². The fraction of sp³-hybridized carbons (Fsp3) is 0.250. The first-order valence-corrected chi connectivity index (χ1v) is 10.1. The number of aliphatic hydroxyl groups excluding tert-OH is 1. The third-order valence-corrected chi connectivity index (χ3v) is 5.46. The molecule has 10 heteroatoms. The SMILES string of the molecule is O=C(C[C@H]1SC(=Nc2ccccc2)N(CCCO)C1=O)Nc1ccccc1[N+](=O)[O-]. The molecule has 1 saturated heterocycles. The largest absolute Gasteiger partial charge is 0.396 e. The molecule has 1 fully saturated rings. The summed E-state index contributed by atoms with van der Waals surface area (Å²) in [6.07, 6.45) is 0.230. The van der Waals surface area contributed by atoms with Gasteiger partial charge < -0.3 is 10.4 Å². The number of hydrogen-bond donors (Lipinski definition) is 2. The molecule has 2 N–H and O–H groups in total. The Bertz CT molecular complexity index is 967. The minimum absolute atomic E-state index is 0.0735. The van der Waals surface area contributed by atoms with Crippen LogP contribution in [0.25, 0.3) is 0 Å². The van der Waals surface area contributed by atoms with E-state index < -0.39 is 16.1 Å². The molecule has 2 amide bonds. The van der Waals surface area contributed by atoms with E-state index in [4.69, 9.17) is 5.11 Å². The molecule has 1 aliphatic rings. The van der Waals surface area contributed by atoms with E-state index in [0.717, 1.165) is 0 Å². The molecule has 1 atom stereocenters. The molecule has 0 bridgehead atoms. The highest BCUT2D eigenvalue weighted by atomic mass is 32.2. The molecule has 0 spiro atoms. The Hall–Kier alpha value is -3.24. The van der Waals surface area contributed by atoms with Crippen LogP contribution in [0.5, 0.6) is 0 Å². The molecule has 0 radical (unpaired) electrons. The van der Waals surface area contributed by atoms with Crippen LogP contribution in [-0.4, -0.2) is 50.3 Å². The number of rotatable bonds is 8. The van der Waals surface area contributed by atoms with Gasteiger partial charge >= 0.3 is 0 Å². The van der Waals surface area contributed by atoms with E-state index in [-0.39, 0.29) is 36.9 Å². The quantitative estimate of drug-likeness (QED) is 0.492. The number of aliphatic imine (C=N–C) groups is 1. The van der Waals surface area contributed by atoms with E-state index in [9.17, 15) is 19.7 Å². The number of nitro groups is 1. The lowest BCUT2D eigenvalue weighted by Crippen LogP contribution is -2.34. The van der Waals surface area contributed by atoms with Gasteiger partial charge in [-0.05, 0) is 24.6 Å². The summed E-state index contributed by atoms with van der Waals surface area (Å²) in [6.45, 7) is 0.214. The zero-order chi connectivity index (χ0) is 21.5. The summed E-state index contributed by atoms with van der Waals surface area (Å²) in [5, 5.41) is 22.5. The molecule has 0 aromatic heterocycles. The summed E-state index contributed by atoms with van der Waals surface area (Å²) in [4.78, 5) is 41.8. The number of para-hydroxylation sites is 3. The van der Waals surface area contributed by atoms with Crippen LogP contribution in [0.3, 0.4) is 0 Å². The first-order valence-electron chi connectivity index (χ1n) is 9.25. The van der Waals surface area contributed by atoms with Crippen LogP contribution >= 0.6 is 11.8 Å². The number of carbonyl (C=O) groups is 2. The maximum absolute atomic E-state index is 12.8. The van der Waals surface area contributed by atoms with Gasteiger partial charge in [-0.25, -0.2) is 4.99 Å². The van der Waals surface area contributed by atoms with Crippen molar-refractivity contribution in [3.8, 4) is 0 Å². The van der Waals surface area contributed by atoms with Gasteiger partial charge in [0.15, 0.2) is 5.17 Å². The van der Waals surface area contributed by atoms with E-state index in [1.807, 2.05) is 18.2 Å². The monoisotopic (exact) mass is 428 g/mol. The normalized spacial score (nSPS) is 17.4.